The van der Waals surface area contributed by atoms with Crippen LogP contribution in [0.3, 0.4) is 0 Å². The zero-order valence-electron chi connectivity index (χ0n) is 13.9. The molecule has 1 aromatic heterocycles. The Morgan fingerprint density at radius 2 is 1.88 bits per heavy atom. The minimum absolute atomic E-state index is 0.124. The van der Waals surface area contributed by atoms with Gasteiger partial charge in [0.05, 0.1) is 23.5 Å². The highest BCUT2D eigenvalue weighted by atomic mass is 35.5. The second-order valence-corrected chi connectivity index (χ2v) is 6.61. The summed E-state index contributed by atoms with van der Waals surface area (Å²) < 4.78 is 1.68. The number of halogens is 2. The highest BCUT2D eigenvalue weighted by molar-refractivity contribution is 6.35. The highest BCUT2D eigenvalue weighted by Crippen LogP contribution is 2.29. The topological polar surface area (TPSA) is 38.1 Å². The first-order valence-electron chi connectivity index (χ1n) is 7.79. The molecule has 0 radical (unpaired) electrons. The maximum atomic E-state index is 12.8. The molecule has 128 valence electrons. The van der Waals surface area contributed by atoms with E-state index in [2.05, 4.69) is 5.10 Å². The van der Waals surface area contributed by atoms with E-state index in [1.807, 2.05) is 43.3 Å². The van der Waals surface area contributed by atoms with Crippen molar-refractivity contribution in [1.82, 2.24) is 14.7 Å². The molecule has 0 aliphatic carbocycles. The number of rotatable bonds is 4. The first-order valence-corrected chi connectivity index (χ1v) is 8.55. The van der Waals surface area contributed by atoms with Gasteiger partial charge in [0.2, 0.25) is 0 Å². The number of carbonyl (C=O) groups is 1. The summed E-state index contributed by atoms with van der Waals surface area (Å²) in [6, 6.07) is 14.7. The van der Waals surface area contributed by atoms with Gasteiger partial charge in [-0.2, -0.15) is 5.10 Å². The molecule has 3 aromatic rings. The van der Waals surface area contributed by atoms with Crippen molar-refractivity contribution in [3.8, 4) is 5.69 Å². The third kappa shape index (κ3) is 3.70. The van der Waals surface area contributed by atoms with Crippen LogP contribution in [0, 0.1) is 0 Å². The van der Waals surface area contributed by atoms with Gasteiger partial charge in [-0.25, -0.2) is 4.68 Å². The predicted molar refractivity (Wildman–Crippen MR) is 101 cm³/mol. The Labute approximate surface area is 156 Å². The fourth-order valence-corrected chi connectivity index (χ4v) is 3.15. The lowest BCUT2D eigenvalue weighted by atomic mass is 10.1. The normalized spacial score (nSPS) is 12.0. The van der Waals surface area contributed by atoms with Crippen molar-refractivity contribution in [3.05, 3.63) is 82.1 Å². The van der Waals surface area contributed by atoms with E-state index in [4.69, 9.17) is 23.2 Å². The summed E-state index contributed by atoms with van der Waals surface area (Å²) in [4.78, 5) is 14.4. The molecule has 1 atom stereocenters. The monoisotopic (exact) mass is 373 g/mol. The number of para-hydroxylation sites is 1. The van der Waals surface area contributed by atoms with E-state index in [-0.39, 0.29) is 11.9 Å². The smallest absolute Gasteiger partial charge is 0.257 e. The van der Waals surface area contributed by atoms with Gasteiger partial charge in [0.25, 0.3) is 5.91 Å². The minimum atomic E-state index is -0.197. The SMILES string of the molecule is CC(c1ccc(Cl)cc1Cl)N(C)C(=O)c1cnn(-c2ccccc2)c1. The van der Waals surface area contributed by atoms with Crippen LogP contribution >= 0.6 is 23.2 Å². The van der Waals surface area contributed by atoms with Crippen LogP contribution in [-0.4, -0.2) is 27.6 Å². The molecule has 0 fully saturated rings. The van der Waals surface area contributed by atoms with Gasteiger partial charge >= 0.3 is 0 Å². The number of amides is 1. The molecule has 0 spiro atoms. The molecular formula is C19H17Cl2N3O. The molecule has 2 aromatic carbocycles. The van der Waals surface area contributed by atoms with Crippen molar-refractivity contribution in [2.45, 2.75) is 13.0 Å². The molecule has 0 bridgehead atoms. The second kappa shape index (κ2) is 7.30. The summed E-state index contributed by atoms with van der Waals surface area (Å²) in [5, 5.41) is 5.39. The summed E-state index contributed by atoms with van der Waals surface area (Å²) in [6.07, 6.45) is 3.30. The molecule has 4 nitrogen and oxygen atoms in total. The van der Waals surface area contributed by atoms with Crippen LogP contribution in [0.15, 0.2) is 60.9 Å². The third-order valence-electron chi connectivity index (χ3n) is 4.16. The quantitative estimate of drug-likeness (QED) is 0.644. The summed E-state index contributed by atoms with van der Waals surface area (Å²) >= 11 is 12.2. The van der Waals surface area contributed by atoms with Gasteiger partial charge in [0.15, 0.2) is 0 Å². The molecule has 6 heteroatoms. The highest BCUT2D eigenvalue weighted by Gasteiger charge is 2.22. The second-order valence-electron chi connectivity index (χ2n) is 5.77. The molecule has 3 rings (SSSR count). The van der Waals surface area contributed by atoms with Gasteiger partial charge < -0.3 is 4.90 Å². The van der Waals surface area contributed by atoms with Crippen LogP contribution in [0.25, 0.3) is 5.69 Å². The maximum Gasteiger partial charge on any atom is 0.257 e. The maximum absolute atomic E-state index is 12.8. The first kappa shape index (κ1) is 17.5. The molecule has 0 aliphatic rings. The lowest BCUT2D eigenvalue weighted by Gasteiger charge is -2.25. The summed E-state index contributed by atoms with van der Waals surface area (Å²) in [5.41, 5.74) is 2.26. The van der Waals surface area contributed by atoms with Crippen LogP contribution in [0.1, 0.15) is 28.9 Å². The summed E-state index contributed by atoms with van der Waals surface area (Å²) in [6.45, 7) is 1.93. The molecule has 1 amide bonds. The van der Waals surface area contributed by atoms with E-state index in [0.29, 0.717) is 15.6 Å². The van der Waals surface area contributed by atoms with Crippen LogP contribution in [0.4, 0.5) is 0 Å². The number of aromatic nitrogens is 2. The average molecular weight is 374 g/mol. The standard InChI is InChI=1S/C19H17Cl2N3O/c1-13(17-9-8-15(20)10-18(17)21)23(2)19(25)14-11-22-24(12-14)16-6-4-3-5-7-16/h3-13H,1-2H3. The predicted octanol–water partition coefficient (Wildman–Crippen LogP) is 5.01. The van der Waals surface area contributed by atoms with E-state index < -0.39 is 0 Å². The number of hydrogen-bond donors (Lipinski definition) is 0. The first-order chi connectivity index (χ1) is 12.0. The van der Waals surface area contributed by atoms with Crippen molar-refractivity contribution in [2.75, 3.05) is 7.05 Å². The Bertz CT molecular complexity index is 893. The molecule has 1 unspecified atom stereocenters. The number of nitrogens with zero attached hydrogens (tertiary/aromatic N) is 3. The Morgan fingerprint density at radius 1 is 1.16 bits per heavy atom. The van der Waals surface area contributed by atoms with Crippen molar-refractivity contribution < 1.29 is 4.79 Å². The molecule has 25 heavy (non-hydrogen) atoms. The zero-order valence-corrected chi connectivity index (χ0v) is 15.4. The van der Waals surface area contributed by atoms with Crippen LogP contribution in [0.5, 0.6) is 0 Å². The minimum Gasteiger partial charge on any atom is -0.335 e. The van der Waals surface area contributed by atoms with Crippen molar-refractivity contribution in [1.29, 1.82) is 0 Å². The largest absolute Gasteiger partial charge is 0.335 e. The van der Waals surface area contributed by atoms with Crippen molar-refractivity contribution in [3.63, 3.8) is 0 Å². The van der Waals surface area contributed by atoms with Gasteiger partial charge in [-0.05, 0) is 36.8 Å². The fraction of sp³-hybridized carbons (Fsp3) is 0.158. The fourth-order valence-electron chi connectivity index (χ4n) is 2.58. The van der Waals surface area contributed by atoms with E-state index in [9.17, 15) is 4.79 Å². The number of benzene rings is 2. The Kier molecular flexibility index (Phi) is 5.11. The van der Waals surface area contributed by atoms with E-state index in [1.54, 1.807) is 41.2 Å². The molecular weight excluding hydrogens is 357 g/mol. The molecule has 0 N–H and O–H groups in total. The molecule has 0 saturated carbocycles. The van der Waals surface area contributed by atoms with Gasteiger partial charge in [-0.15, -0.1) is 0 Å². The number of carbonyl (C=O) groups excluding carboxylic acids is 1. The molecule has 0 saturated heterocycles. The average Bonchev–Trinajstić information content (AvgIpc) is 3.11. The van der Waals surface area contributed by atoms with Crippen molar-refractivity contribution in [2.24, 2.45) is 0 Å². The number of hydrogen-bond acceptors (Lipinski definition) is 2. The summed E-state index contributed by atoms with van der Waals surface area (Å²) in [7, 11) is 1.75. The van der Waals surface area contributed by atoms with Gasteiger partial charge in [-0.1, -0.05) is 47.5 Å². The Balaban J connectivity index is 1.82. The third-order valence-corrected chi connectivity index (χ3v) is 4.73. The van der Waals surface area contributed by atoms with E-state index in [0.717, 1.165) is 11.3 Å². The molecule has 0 aliphatic heterocycles. The van der Waals surface area contributed by atoms with Gasteiger partial charge in [0, 0.05) is 23.3 Å². The van der Waals surface area contributed by atoms with Gasteiger partial charge in [0.1, 0.15) is 0 Å². The lowest BCUT2D eigenvalue weighted by molar-refractivity contribution is 0.0742. The van der Waals surface area contributed by atoms with E-state index in [1.165, 1.54) is 0 Å². The van der Waals surface area contributed by atoms with Crippen LogP contribution < -0.4 is 0 Å². The van der Waals surface area contributed by atoms with Crippen LogP contribution in [-0.2, 0) is 0 Å². The Hall–Kier alpha value is -2.30. The summed E-state index contributed by atoms with van der Waals surface area (Å²) in [5.74, 6) is -0.124. The Morgan fingerprint density at radius 3 is 2.56 bits per heavy atom. The van der Waals surface area contributed by atoms with Crippen molar-refractivity contribution >= 4 is 29.1 Å². The zero-order chi connectivity index (χ0) is 18.0. The van der Waals surface area contributed by atoms with Gasteiger partial charge in [-0.3, -0.25) is 4.79 Å². The molecule has 1 heterocycles. The van der Waals surface area contributed by atoms with E-state index >= 15 is 0 Å². The lowest BCUT2D eigenvalue weighted by Crippen LogP contribution is -2.29. The van der Waals surface area contributed by atoms with Crippen LogP contribution in [0.2, 0.25) is 10.0 Å².